The number of hydrogen-bond acceptors (Lipinski definition) is 5. The first-order valence-electron chi connectivity index (χ1n) is 6.45. The Balaban J connectivity index is 1.94. The summed E-state index contributed by atoms with van der Waals surface area (Å²) in [7, 11) is 0. The summed E-state index contributed by atoms with van der Waals surface area (Å²) in [5.41, 5.74) is 9.87. The van der Waals surface area contributed by atoms with Crippen molar-refractivity contribution in [2.75, 3.05) is 5.73 Å². The lowest BCUT2D eigenvalue weighted by atomic mass is 9.95. The van der Waals surface area contributed by atoms with Gasteiger partial charge in [0.2, 0.25) is 5.89 Å². The molecule has 1 aliphatic rings. The van der Waals surface area contributed by atoms with Crippen LogP contribution in [0.2, 0.25) is 0 Å². The summed E-state index contributed by atoms with van der Waals surface area (Å²) in [6, 6.07) is 3.73. The molecule has 0 saturated heterocycles. The van der Waals surface area contributed by atoms with Crippen molar-refractivity contribution in [3.63, 3.8) is 0 Å². The van der Waals surface area contributed by atoms with Gasteiger partial charge < -0.3 is 10.2 Å². The normalized spacial score (nSPS) is 14.7. The van der Waals surface area contributed by atoms with Crippen LogP contribution >= 0.6 is 11.3 Å². The Morgan fingerprint density at radius 3 is 3.05 bits per heavy atom. The largest absolute Gasteiger partial charge is 0.434 e. The molecular formula is C14H13N3OS. The van der Waals surface area contributed by atoms with Gasteiger partial charge in [0.15, 0.2) is 11.2 Å². The molecule has 96 valence electrons. The molecule has 0 aromatic carbocycles. The molecule has 0 aliphatic heterocycles. The summed E-state index contributed by atoms with van der Waals surface area (Å²) in [5, 5.41) is 0.818. The first-order chi connectivity index (χ1) is 9.33. The van der Waals surface area contributed by atoms with Crippen LogP contribution in [0.3, 0.4) is 0 Å². The van der Waals surface area contributed by atoms with E-state index in [0.29, 0.717) is 17.1 Å². The van der Waals surface area contributed by atoms with E-state index in [4.69, 9.17) is 10.2 Å². The van der Waals surface area contributed by atoms with Crippen LogP contribution in [0.4, 0.5) is 5.00 Å². The maximum atomic E-state index is 6.17. The number of thiophene rings is 1. The van der Waals surface area contributed by atoms with E-state index in [1.165, 1.54) is 23.3 Å². The highest BCUT2D eigenvalue weighted by molar-refractivity contribution is 7.16. The number of hydrogen-bond donors (Lipinski definition) is 1. The molecule has 0 unspecified atom stereocenters. The molecule has 0 amide bonds. The van der Waals surface area contributed by atoms with Gasteiger partial charge in [0.1, 0.15) is 0 Å². The SMILES string of the molecule is Nc1sc2c(c1-c1nc3ncccc3o1)CCCC2. The number of oxazole rings is 1. The summed E-state index contributed by atoms with van der Waals surface area (Å²) in [5.74, 6) is 0.616. The van der Waals surface area contributed by atoms with Crippen molar-refractivity contribution in [1.82, 2.24) is 9.97 Å². The van der Waals surface area contributed by atoms with Crippen molar-refractivity contribution in [2.45, 2.75) is 25.7 Å². The molecule has 1 aliphatic carbocycles. The zero-order valence-corrected chi connectivity index (χ0v) is 11.2. The zero-order valence-electron chi connectivity index (χ0n) is 10.3. The van der Waals surface area contributed by atoms with E-state index >= 15 is 0 Å². The van der Waals surface area contributed by atoms with Gasteiger partial charge in [-0.3, -0.25) is 0 Å². The number of anilines is 1. The minimum absolute atomic E-state index is 0.616. The molecule has 0 spiro atoms. The third-order valence-electron chi connectivity index (χ3n) is 3.58. The average molecular weight is 271 g/mol. The molecule has 0 fully saturated rings. The molecule has 4 nitrogen and oxygen atoms in total. The van der Waals surface area contributed by atoms with Crippen molar-refractivity contribution in [3.8, 4) is 11.5 Å². The Kier molecular flexibility index (Phi) is 2.35. The molecule has 4 rings (SSSR count). The molecule has 0 atom stereocenters. The van der Waals surface area contributed by atoms with E-state index in [0.717, 1.165) is 23.4 Å². The Hall–Kier alpha value is -1.88. The summed E-state index contributed by atoms with van der Waals surface area (Å²) in [4.78, 5) is 10.1. The first kappa shape index (κ1) is 11.0. The molecule has 0 saturated carbocycles. The molecular weight excluding hydrogens is 258 g/mol. The highest BCUT2D eigenvalue weighted by atomic mass is 32.1. The molecule has 3 heterocycles. The second-order valence-electron chi connectivity index (χ2n) is 4.79. The van der Waals surface area contributed by atoms with E-state index in [1.54, 1.807) is 17.5 Å². The van der Waals surface area contributed by atoms with Crippen molar-refractivity contribution in [3.05, 3.63) is 28.8 Å². The number of rotatable bonds is 1. The van der Waals surface area contributed by atoms with Gasteiger partial charge in [0, 0.05) is 11.1 Å². The highest BCUT2D eigenvalue weighted by Gasteiger charge is 2.23. The van der Waals surface area contributed by atoms with Crippen molar-refractivity contribution in [2.24, 2.45) is 0 Å². The monoisotopic (exact) mass is 271 g/mol. The molecule has 0 radical (unpaired) electrons. The van der Waals surface area contributed by atoms with Crippen LogP contribution in [0.15, 0.2) is 22.7 Å². The van der Waals surface area contributed by atoms with Gasteiger partial charge in [-0.05, 0) is 43.4 Å². The predicted octanol–water partition coefficient (Wildman–Crippen LogP) is 3.41. The van der Waals surface area contributed by atoms with Crippen molar-refractivity contribution >= 4 is 27.6 Å². The fraction of sp³-hybridized carbons (Fsp3) is 0.286. The van der Waals surface area contributed by atoms with Gasteiger partial charge in [-0.25, -0.2) is 4.98 Å². The van der Waals surface area contributed by atoms with Crippen LogP contribution in [0.5, 0.6) is 0 Å². The molecule has 3 aromatic rings. The number of aryl methyl sites for hydroxylation is 1. The predicted molar refractivity (Wildman–Crippen MR) is 76.2 cm³/mol. The summed E-state index contributed by atoms with van der Waals surface area (Å²) in [6.45, 7) is 0. The standard InChI is InChI=1S/C14H13N3OS/c15-12-11(8-4-1-2-6-10(8)19-12)14-17-13-9(18-14)5-3-7-16-13/h3,5,7H,1-2,4,6,15H2. The lowest BCUT2D eigenvalue weighted by Gasteiger charge is -2.10. The second-order valence-corrected chi connectivity index (χ2v) is 5.93. The van der Waals surface area contributed by atoms with Gasteiger partial charge in [-0.2, -0.15) is 4.98 Å². The molecule has 3 aromatic heterocycles. The maximum Gasteiger partial charge on any atom is 0.232 e. The molecule has 2 N–H and O–H groups in total. The van der Waals surface area contributed by atoms with E-state index in [2.05, 4.69) is 9.97 Å². The number of nitrogens with zero attached hydrogens (tertiary/aromatic N) is 2. The summed E-state index contributed by atoms with van der Waals surface area (Å²) >= 11 is 1.68. The topological polar surface area (TPSA) is 64.9 Å². The van der Waals surface area contributed by atoms with E-state index in [-0.39, 0.29) is 0 Å². The smallest absolute Gasteiger partial charge is 0.232 e. The first-order valence-corrected chi connectivity index (χ1v) is 7.26. The lowest BCUT2D eigenvalue weighted by molar-refractivity contribution is 0.616. The van der Waals surface area contributed by atoms with Crippen molar-refractivity contribution in [1.29, 1.82) is 0 Å². The third kappa shape index (κ3) is 1.65. The van der Waals surface area contributed by atoms with Crippen LogP contribution in [0, 0.1) is 0 Å². The number of pyridine rings is 1. The van der Waals surface area contributed by atoms with Gasteiger partial charge in [0.05, 0.1) is 10.6 Å². The fourth-order valence-electron chi connectivity index (χ4n) is 2.70. The van der Waals surface area contributed by atoms with Crippen molar-refractivity contribution < 1.29 is 4.42 Å². The summed E-state index contributed by atoms with van der Waals surface area (Å²) in [6.07, 6.45) is 6.39. The number of nitrogens with two attached hydrogens (primary N) is 1. The van der Waals surface area contributed by atoms with E-state index in [9.17, 15) is 0 Å². The maximum absolute atomic E-state index is 6.17. The molecule has 5 heteroatoms. The van der Waals surface area contributed by atoms with E-state index in [1.807, 2.05) is 12.1 Å². The third-order valence-corrected chi connectivity index (χ3v) is 4.70. The minimum Gasteiger partial charge on any atom is -0.434 e. The fourth-order valence-corrected chi connectivity index (χ4v) is 3.85. The molecule has 19 heavy (non-hydrogen) atoms. The number of aromatic nitrogens is 2. The second kappa shape index (κ2) is 4.06. The average Bonchev–Trinajstić information content (AvgIpc) is 2.97. The number of nitrogen functional groups attached to an aromatic ring is 1. The van der Waals surface area contributed by atoms with Crippen LogP contribution in [-0.2, 0) is 12.8 Å². The Morgan fingerprint density at radius 2 is 2.16 bits per heavy atom. The minimum atomic E-state index is 0.616. The number of fused-ring (bicyclic) bond motifs is 2. The van der Waals surface area contributed by atoms with Crippen LogP contribution in [0.25, 0.3) is 22.7 Å². The van der Waals surface area contributed by atoms with E-state index < -0.39 is 0 Å². The lowest BCUT2D eigenvalue weighted by Crippen LogP contribution is -1.99. The zero-order chi connectivity index (χ0) is 12.8. The summed E-state index contributed by atoms with van der Waals surface area (Å²) < 4.78 is 5.81. The quantitative estimate of drug-likeness (QED) is 0.736. The van der Waals surface area contributed by atoms with Gasteiger partial charge in [0.25, 0.3) is 0 Å². The van der Waals surface area contributed by atoms with Crippen LogP contribution < -0.4 is 5.73 Å². The van der Waals surface area contributed by atoms with Crippen LogP contribution in [-0.4, -0.2) is 9.97 Å². The Labute approximate surface area is 114 Å². The van der Waals surface area contributed by atoms with Gasteiger partial charge in [-0.15, -0.1) is 11.3 Å². The van der Waals surface area contributed by atoms with Gasteiger partial charge in [-0.1, -0.05) is 0 Å². The highest BCUT2D eigenvalue weighted by Crippen LogP contribution is 2.42. The Morgan fingerprint density at radius 1 is 1.26 bits per heavy atom. The van der Waals surface area contributed by atoms with Gasteiger partial charge >= 0.3 is 0 Å². The Bertz CT molecular complexity index is 726. The van der Waals surface area contributed by atoms with Crippen LogP contribution in [0.1, 0.15) is 23.3 Å². The molecule has 0 bridgehead atoms.